The van der Waals surface area contributed by atoms with E-state index >= 15 is 0 Å². The van der Waals surface area contributed by atoms with Gasteiger partial charge in [0.2, 0.25) is 0 Å². The molecule has 7 heteroatoms. The van der Waals surface area contributed by atoms with E-state index in [1.807, 2.05) is 36.4 Å². The molecule has 0 spiro atoms. The van der Waals surface area contributed by atoms with Gasteiger partial charge < -0.3 is 0 Å². The first-order valence-corrected chi connectivity index (χ1v) is 9.96. The summed E-state index contributed by atoms with van der Waals surface area (Å²) < 4.78 is 41.1. The third-order valence-corrected chi connectivity index (χ3v) is 4.76. The molecule has 29 heavy (non-hydrogen) atoms. The Morgan fingerprint density at radius 3 is 2.17 bits per heavy atom. The van der Waals surface area contributed by atoms with E-state index in [-0.39, 0.29) is 11.3 Å². The highest BCUT2D eigenvalue weighted by Crippen LogP contribution is 2.26. The van der Waals surface area contributed by atoms with Gasteiger partial charge in [-0.15, -0.1) is 0 Å². The summed E-state index contributed by atoms with van der Waals surface area (Å²) in [5.41, 5.74) is 1.92. The minimum atomic E-state index is -0.892. The van der Waals surface area contributed by atoms with E-state index in [1.165, 1.54) is 18.2 Å². The third-order valence-electron chi connectivity index (χ3n) is 3.78. The van der Waals surface area contributed by atoms with E-state index in [4.69, 9.17) is 0 Å². The zero-order valence-electron chi connectivity index (χ0n) is 14.8. The molecule has 0 fully saturated rings. The molecule has 0 aliphatic heterocycles. The minimum Gasteiger partial charge on any atom is -0.256 e. The van der Waals surface area contributed by atoms with E-state index in [0.29, 0.717) is 10.5 Å². The number of hydrogen-bond donors (Lipinski definition) is 0. The van der Waals surface area contributed by atoms with Crippen LogP contribution in [0.1, 0.15) is 0 Å². The fourth-order valence-electron chi connectivity index (χ4n) is 2.47. The van der Waals surface area contributed by atoms with Crippen LogP contribution in [0.3, 0.4) is 0 Å². The summed E-state index contributed by atoms with van der Waals surface area (Å²) in [6.07, 6.45) is 2.65. The molecule has 0 aliphatic rings. The van der Waals surface area contributed by atoms with Crippen LogP contribution in [0.5, 0.6) is 0 Å². The fourth-order valence-corrected chi connectivity index (χ4v) is 3.23. The van der Waals surface area contributed by atoms with Crippen LogP contribution in [0.2, 0.25) is 0 Å². The standard InChI is InChI=1S/C11H5BrF3N.C11H8BrN/c12-6-1-2-9(14)8(3-6)11-10(15)4-7(13)5-16-11;12-10-5-3-4-9(8-10)11-6-1-2-7-13-11/h1-5H;1-8H. The third kappa shape index (κ3) is 5.74. The quantitative estimate of drug-likeness (QED) is 0.274. The zero-order chi connectivity index (χ0) is 20.8. The molecule has 4 rings (SSSR count). The van der Waals surface area contributed by atoms with E-state index < -0.39 is 17.5 Å². The molecule has 0 unspecified atom stereocenters. The normalized spacial score (nSPS) is 10.2. The Hall–Kier alpha value is -2.51. The van der Waals surface area contributed by atoms with Crippen molar-refractivity contribution in [3.8, 4) is 22.5 Å². The number of nitrogens with zero attached hydrogens (tertiary/aromatic N) is 2. The van der Waals surface area contributed by atoms with Crippen molar-refractivity contribution in [2.45, 2.75) is 0 Å². The molecule has 0 N–H and O–H groups in total. The summed E-state index contributed by atoms with van der Waals surface area (Å²) in [7, 11) is 0. The highest BCUT2D eigenvalue weighted by molar-refractivity contribution is 9.10. The maximum absolute atomic E-state index is 13.4. The van der Waals surface area contributed by atoms with Crippen LogP contribution in [0.15, 0.2) is 88.1 Å². The summed E-state index contributed by atoms with van der Waals surface area (Å²) in [5.74, 6) is -2.30. The number of hydrogen-bond acceptors (Lipinski definition) is 2. The predicted molar refractivity (Wildman–Crippen MR) is 115 cm³/mol. The molecule has 2 aromatic heterocycles. The van der Waals surface area contributed by atoms with Crippen LogP contribution in [-0.4, -0.2) is 9.97 Å². The van der Waals surface area contributed by atoms with Crippen LogP contribution >= 0.6 is 31.9 Å². The number of halogens is 5. The lowest BCUT2D eigenvalue weighted by Crippen LogP contribution is -1.93. The average Bonchev–Trinajstić information content (AvgIpc) is 2.71. The molecule has 0 amide bonds. The van der Waals surface area contributed by atoms with E-state index in [9.17, 15) is 13.2 Å². The second kappa shape index (κ2) is 9.80. The molecular weight excluding hydrogens is 509 g/mol. The Kier molecular flexibility index (Phi) is 7.17. The fraction of sp³-hybridized carbons (Fsp3) is 0. The van der Waals surface area contributed by atoms with Gasteiger partial charge in [0.1, 0.15) is 17.3 Å². The molecule has 2 aromatic carbocycles. The van der Waals surface area contributed by atoms with Crippen LogP contribution in [0, 0.1) is 17.5 Å². The molecule has 4 aromatic rings. The lowest BCUT2D eigenvalue weighted by atomic mass is 10.1. The molecule has 0 atom stereocenters. The van der Waals surface area contributed by atoms with Gasteiger partial charge in [-0.3, -0.25) is 9.97 Å². The van der Waals surface area contributed by atoms with Gasteiger partial charge >= 0.3 is 0 Å². The second-order valence-corrected chi connectivity index (χ2v) is 7.66. The molecule has 2 heterocycles. The molecular formula is C22H13Br2F3N2. The van der Waals surface area contributed by atoms with Crippen LogP contribution in [0.4, 0.5) is 13.2 Å². The molecule has 146 valence electrons. The van der Waals surface area contributed by atoms with Crippen molar-refractivity contribution in [2.75, 3.05) is 0 Å². The summed E-state index contributed by atoms with van der Waals surface area (Å²) in [6.45, 7) is 0. The smallest absolute Gasteiger partial charge is 0.152 e. The van der Waals surface area contributed by atoms with Crippen molar-refractivity contribution in [3.05, 3.63) is 106 Å². The van der Waals surface area contributed by atoms with Gasteiger partial charge in [-0.1, -0.05) is 50.1 Å². The molecule has 2 nitrogen and oxygen atoms in total. The lowest BCUT2D eigenvalue weighted by molar-refractivity contribution is 0.573. The monoisotopic (exact) mass is 520 g/mol. The van der Waals surface area contributed by atoms with Gasteiger partial charge in [-0.05, 0) is 42.5 Å². The Morgan fingerprint density at radius 2 is 1.48 bits per heavy atom. The highest BCUT2D eigenvalue weighted by Gasteiger charge is 2.12. The van der Waals surface area contributed by atoms with Gasteiger partial charge in [-0.2, -0.15) is 0 Å². The van der Waals surface area contributed by atoms with Crippen molar-refractivity contribution in [2.24, 2.45) is 0 Å². The maximum atomic E-state index is 13.4. The van der Waals surface area contributed by atoms with Gasteiger partial charge in [0, 0.05) is 32.3 Å². The Bertz CT molecular complexity index is 1120. The van der Waals surface area contributed by atoms with Crippen molar-refractivity contribution in [1.82, 2.24) is 9.97 Å². The van der Waals surface area contributed by atoms with Crippen molar-refractivity contribution < 1.29 is 13.2 Å². The first-order valence-electron chi connectivity index (χ1n) is 8.37. The van der Waals surface area contributed by atoms with Crippen molar-refractivity contribution in [1.29, 1.82) is 0 Å². The van der Waals surface area contributed by atoms with E-state index in [0.717, 1.165) is 21.9 Å². The largest absolute Gasteiger partial charge is 0.256 e. The summed E-state index contributed by atoms with van der Waals surface area (Å²) in [5, 5.41) is 0. The van der Waals surface area contributed by atoms with E-state index in [1.54, 1.807) is 6.20 Å². The Labute approximate surface area is 182 Å². The Balaban J connectivity index is 0.000000169. The average molecular weight is 522 g/mol. The van der Waals surface area contributed by atoms with Gasteiger partial charge in [0.25, 0.3) is 0 Å². The predicted octanol–water partition coefficient (Wildman–Crippen LogP) is 7.44. The SMILES string of the molecule is Brc1cccc(-c2ccccn2)c1.Fc1cnc(-c2cc(Br)ccc2F)c(F)c1. The van der Waals surface area contributed by atoms with Gasteiger partial charge in [0.15, 0.2) is 5.82 Å². The second-order valence-electron chi connectivity index (χ2n) is 5.83. The number of rotatable bonds is 2. The van der Waals surface area contributed by atoms with Crippen molar-refractivity contribution in [3.63, 3.8) is 0 Å². The van der Waals surface area contributed by atoms with E-state index in [2.05, 4.69) is 47.9 Å². The first-order chi connectivity index (χ1) is 13.9. The molecule has 0 aliphatic carbocycles. The maximum Gasteiger partial charge on any atom is 0.152 e. The van der Waals surface area contributed by atoms with Crippen LogP contribution in [0.25, 0.3) is 22.5 Å². The summed E-state index contributed by atoms with van der Waals surface area (Å²) in [6, 6.07) is 18.8. The summed E-state index contributed by atoms with van der Waals surface area (Å²) in [4.78, 5) is 7.81. The number of benzene rings is 2. The van der Waals surface area contributed by atoms with Crippen molar-refractivity contribution >= 4 is 31.9 Å². The Morgan fingerprint density at radius 1 is 0.690 bits per heavy atom. The van der Waals surface area contributed by atoms with Gasteiger partial charge in [-0.25, -0.2) is 13.2 Å². The summed E-state index contributed by atoms with van der Waals surface area (Å²) >= 11 is 6.57. The highest BCUT2D eigenvalue weighted by atomic mass is 79.9. The minimum absolute atomic E-state index is 0.00752. The number of pyridine rings is 2. The van der Waals surface area contributed by atoms with Gasteiger partial charge in [0.05, 0.1) is 11.9 Å². The number of aromatic nitrogens is 2. The first kappa shape index (κ1) is 21.2. The molecule has 0 bridgehead atoms. The van der Waals surface area contributed by atoms with Crippen LogP contribution in [-0.2, 0) is 0 Å². The van der Waals surface area contributed by atoms with Crippen LogP contribution < -0.4 is 0 Å². The zero-order valence-corrected chi connectivity index (χ0v) is 18.0. The lowest BCUT2D eigenvalue weighted by Gasteiger charge is -2.04. The molecule has 0 saturated heterocycles. The molecule has 0 radical (unpaired) electrons. The molecule has 0 saturated carbocycles. The topological polar surface area (TPSA) is 25.8 Å².